The summed E-state index contributed by atoms with van der Waals surface area (Å²) in [6.45, 7) is 4.32. The Morgan fingerprint density at radius 2 is 0.833 bits per heavy atom. The summed E-state index contributed by atoms with van der Waals surface area (Å²) in [5, 5.41) is 0. The molecule has 3 aromatic carbocycles. The van der Waals surface area contributed by atoms with Crippen molar-refractivity contribution in [3.63, 3.8) is 0 Å². The van der Waals surface area contributed by atoms with Gasteiger partial charge in [0, 0.05) is 0 Å². The Balaban J connectivity index is 1.17. The van der Waals surface area contributed by atoms with Gasteiger partial charge in [0.1, 0.15) is 12.2 Å². The lowest BCUT2D eigenvalue weighted by molar-refractivity contribution is 0.104. The van der Waals surface area contributed by atoms with Gasteiger partial charge in [-0.05, 0) is 33.4 Å². The van der Waals surface area contributed by atoms with Crippen molar-refractivity contribution in [3.05, 3.63) is 83.9 Å². The summed E-state index contributed by atoms with van der Waals surface area (Å²) >= 11 is 0. The Morgan fingerprint density at radius 1 is 0.533 bits per heavy atom. The highest BCUT2D eigenvalue weighted by Crippen LogP contribution is 2.26. The largest absolute Gasteiger partial charge is 0.374 e. The minimum absolute atomic E-state index is 0.315. The summed E-state index contributed by atoms with van der Waals surface area (Å²) in [5.41, 5.74) is 7.22. The van der Waals surface area contributed by atoms with E-state index in [2.05, 4.69) is 72.8 Å². The van der Waals surface area contributed by atoms with E-state index in [9.17, 15) is 0 Å². The van der Waals surface area contributed by atoms with Gasteiger partial charge in [0.2, 0.25) is 0 Å². The number of hydrogen-bond acceptors (Lipinski definition) is 4. The van der Waals surface area contributed by atoms with Crippen LogP contribution in [0.3, 0.4) is 0 Å². The molecule has 0 spiro atoms. The van der Waals surface area contributed by atoms with Gasteiger partial charge >= 0.3 is 0 Å². The normalized spacial score (nSPS) is 19.6. The fourth-order valence-corrected chi connectivity index (χ4v) is 3.39. The molecule has 0 bridgehead atoms. The van der Waals surface area contributed by atoms with Crippen LogP contribution >= 0.6 is 0 Å². The number of hydrogen-bond donors (Lipinski definition) is 0. The van der Waals surface area contributed by atoms with Gasteiger partial charge in [-0.2, -0.15) is 0 Å². The third-order valence-electron chi connectivity index (χ3n) is 5.41. The minimum atomic E-state index is 0.315. The molecule has 0 saturated carbocycles. The van der Waals surface area contributed by atoms with E-state index >= 15 is 0 Å². The van der Waals surface area contributed by atoms with Gasteiger partial charge < -0.3 is 18.9 Å². The summed E-state index contributed by atoms with van der Waals surface area (Å²) in [7, 11) is 0. The first kappa shape index (κ1) is 19.5. The highest BCUT2D eigenvalue weighted by molar-refractivity contribution is 5.70. The molecule has 0 amide bonds. The predicted octanol–water partition coefficient (Wildman–Crippen LogP) is 4.85. The molecular weight excluding hydrogens is 376 g/mol. The fraction of sp³-hybridized carbons (Fsp3) is 0.308. The quantitative estimate of drug-likeness (QED) is 0.455. The molecule has 2 aliphatic rings. The van der Waals surface area contributed by atoms with Crippen molar-refractivity contribution in [2.24, 2.45) is 0 Å². The van der Waals surface area contributed by atoms with Crippen LogP contribution in [0.25, 0.3) is 22.3 Å². The van der Waals surface area contributed by atoms with E-state index in [0.717, 1.165) is 13.2 Å². The smallest absolute Gasteiger partial charge is 0.104 e. The molecule has 5 rings (SSSR count). The van der Waals surface area contributed by atoms with Crippen LogP contribution in [0, 0.1) is 0 Å². The second-order valence-corrected chi connectivity index (χ2v) is 7.91. The Bertz CT molecular complexity index is 859. The Hall–Kier alpha value is -2.50. The van der Waals surface area contributed by atoms with Gasteiger partial charge in [0.15, 0.2) is 0 Å². The maximum absolute atomic E-state index is 5.66. The van der Waals surface area contributed by atoms with E-state index in [-0.39, 0.29) is 0 Å². The van der Waals surface area contributed by atoms with E-state index in [4.69, 9.17) is 18.9 Å². The van der Waals surface area contributed by atoms with Crippen LogP contribution in [0.5, 0.6) is 0 Å². The molecule has 2 atom stereocenters. The van der Waals surface area contributed by atoms with Crippen LogP contribution in [-0.4, -0.2) is 38.6 Å². The summed E-state index contributed by atoms with van der Waals surface area (Å²) in [6, 6.07) is 25.9. The Morgan fingerprint density at radius 3 is 1.13 bits per heavy atom. The van der Waals surface area contributed by atoms with Gasteiger partial charge in [0.05, 0.1) is 39.6 Å². The van der Waals surface area contributed by atoms with Gasteiger partial charge in [0.25, 0.3) is 0 Å². The van der Waals surface area contributed by atoms with E-state index < -0.39 is 0 Å². The highest BCUT2D eigenvalue weighted by atomic mass is 16.6. The first-order valence-corrected chi connectivity index (χ1v) is 10.5. The van der Waals surface area contributed by atoms with Gasteiger partial charge in [-0.3, -0.25) is 0 Å². The Labute approximate surface area is 177 Å². The average molecular weight is 402 g/mol. The van der Waals surface area contributed by atoms with Crippen molar-refractivity contribution < 1.29 is 18.9 Å². The first-order valence-electron chi connectivity index (χ1n) is 10.5. The van der Waals surface area contributed by atoms with Crippen LogP contribution in [-0.2, 0) is 32.2 Å². The molecule has 2 aliphatic heterocycles. The predicted molar refractivity (Wildman–Crippen MR) is 116 cm³/mol. The SMILES string of the molecule is c1cc(-c2ccc(-c3ccc(COCC4CO4)cc3)cc2)ccc1COCC1CO1. The molecule has 2 fully saturated rings. The van der Waals surface area contributed by atoms with Crippen molar-refractivity contribution in [2.75, 3.05) is 26.4 Å². The summed E-state index contributed by atoms with van der Waals surface area (Å²) < 4.78 is 21.6. The second-order valence-electron chi connectivity index (χ2n) is 7.91. The number of rotatable bonds is 10. The molecule has 0 N–H and O–H groups in total. The minimum Gasteiger partial charge on any atom is -0.374 e. The molecule has 0 radical (unpaired) electrons. The molecular formula is C26H26O4. The van der Waals surface area contributed by atoms with E-state index in [1.165, 1.54) is 33.4 Å². The maximum Gasteiger partial charge on any atom is 0.104 e. The second kappa shape index (κ2) is 9.11. The lowest BCUT2D eigenvalue weighted by Gasteiger charge is -2.08. The van der Waals surface area contributed by atoms with Crippen molar-refractivity contribution in [1.82, 2.24) is 0 Å². The molecule has 2 saturated heterocycles. The number of epoxide rings is 2. The molecule has 30 heavy (non-hydrogen) atoms. The van der Waals surface area contributed by atoms with Crippen LogP contribution in [0.15, 0.2) is 72.8 Å². The van der Waals surface area contributed by atoms with Crippen LogP contribution in [0.1, 0.15) is 11.1 Å². The lowest BCUT2D eigenvalue weighted by atomic mass is 9.99. The standard InChI is InChI=1S/C26H26O4/c1-5-21(6-2-19(1)13-27-15-25-17-29-25)23-9-11-24(12-10-23)22-7-3-20(4-8-22)14-28-16-26-18-30-26/h1-12,25-26H,13-18H2. The molecule has 0 aliphatic carbocycles. The van der Waals surface area contributed by atoms with Crippen molar-refractivity contribution in [2.45, 2.75) is 25.4 Å². The molecule has 3 aromatic rings. The third-order valence-corrected chi connectivity index (χ3v) is 5.41. The number of ether oxygens (including phenoxy) is 4. The molecule has 2 heterocycles. The maximum atomic E-state index is 5.66. The van der Waals surface area contributed by atoms with Crippen LogP contribution in [0.2, 0.25) is 0 Å². The summed E-state index contributed by atoms with van der Waals surface area (Å²) in [5.74, 6) is 0. The zero-order chi connectivity index (χ0) is 20.2. The molecule has 0 aromatic heterocycles. The lowest BCUT2D eigenvalue weighted by Crippen LogP contribution is -2.01. The topological polar surface area (TPSA) is 43.5 Å². The third kappa shape index (κ3) is 5.35. The van der Waals surface area contributed by atoms with Crippen molar-refractivity contribution >= 4 is 0 Å². The van der Waals surface area contributed by atoms with Crippen LogP contribution in [0.4, 0.5) is 0 Å². The van der Waals surface area contributed by atoms with Gasteiger partial charge in [-0.15, -0.1) is 0 Å². The zero-order valence-corrected chi connectivity index (χ0v) is 17.0. The van der Waals surface area contributed by atoms with E-state index in [1.54, 1.807) is 0 Å². The molecule has 154 valence electrons. The van der Waals surface area contributed by atoms with Gasteiger partial charge in [-0.1, -0.05) is 72.8 Å². The monoisotopic (exact) mass is 402 g/mol. The van der Waals surface area contributed by atoms with Crippen molar-refractivity contribution in [3.8, 4) is 22.3 Å². The fourth-order valence-electron chi connectivity index (χ4n) is 3.39. The Kier molecular flexibility index (Phi) is 5.91. The zero-order valence-electron chi connectivity index (χ0n) is 17.0. The summed E-state index contributed by atoms with van der Waals surface area (Å²) in [6.07, 6.45) is 0.629. The molecule has 4 nitrogen and oxygen atoms in total. The van der Waals surface area contributed by atoms with E-state index in [1.807, 2.05) is 0 Å². The van der Waals surface area contributed by atoms with Gasteiger partial charge in [-0.25, -0.2) is 0 Å². The summed E-state index contributed by atoms with van der Waals surface area (Å²) in [4.78, 5) is 0. The number of benzene rings is 3. The van der Waals surface area contributed by atoms with Crippen molar-refractivity contribution in [1.29, 1.82) is 0 Å². The molecule has 2 unspecified atom stereocenters. The average Bonchev–Trinajstić information content (AvgIpc) is 3.71. The molecule has 4 heteroatoms. The van der Waals surface area contributed by atoms with Crippen LogP contribution < -0.4 is 0 Å². The highest BCUT2D eigenvalue weighted by Gasteiger charge is 2.22. The van der Waals surface area contributed by atoms with E-state index in [0.29, 0.717) is 38.6 Å². The first-order chi connectivity index (χ1) is 14.8.